The second kappa shape index (κ2) is 11.5. The lowest BCUT2D eigenvalue weighted by Gasteiger charge is -2.15. The molecule has 0 saturated carbocycles. The molecule has 10 rings (SSSR count). The fourth-order valence-electron chi connectivity index (χ4n) is 7.60. The monoisotopic (exact) mass is 634 g/mol. The standard InChI is InChI=1S/C48H30N2/c1-2-10-34-27-37(22-17-31(34)9-1)48-30-44(33-20-18-32(19-21-33)39-25-26-49-46-16-8-7-15-42(39)46)45-29-36(23-24-47(45)50-48)43-28-35-11-3-4-12-38(35)40-13-5-6-14-41(40)43/h1-30H. The number of benzene rings is 8. The first kappa shape index (κ1) is 28.4. The van der Waals surface area contributed by atoms with E-state index < -0.39 is 0 Å². The van der Waals surface area contributed by atoms with Crippen LogP contribution >= 0.6 is 0 Å². The first-order valence-corrected chi connectivity index (χ1v) is 17.1. The van der Waals surface area contributed by atoms with Crippen LogP contribution < -0.4 is 0 Å². The van der Waals surface area contributed by atoms with Gasteiger partial charge in [-0.1, -0.05) is 133 Å². The highest BCUT2D eigenvalue weighted by atomic mass is 14.7. The van der Waals surface area contributed by atoms with Crippen LogP contribution in [-0.4, -0.2) is 9.97 Å². The predicted octanol–water partition coefficient (Wildman–Crippen LogP) is 12.9. The van der Waals surface area contributed by atoms with Crippen LogP contribution in [0.4, 0.5) is 0 Å². The first-order chi connectivity index (χ1) is 24.8. The molecule has 0 bridgehead atoms. The van der Waals surface area contributed by atoms with Crippen LogP contribution in [-0.2, 0) is 0 Å². The zero-order chi connectivity index (χ0) is 33.0. The number of nitrogens with zero attached hydrogens (tertiary/aromatic N) is 2. The summed E-state index contributed by atoms with van der Waals surface area (Å²) in [6.07, 6.45) is 1.90. The van der Waals surface area contributed by atoms with Crippen LogP contribution in [0, 0.1) is 0 Å². The van der Waals surface area contributed by atoms with Gasteiger partial charge < -0.3 is 0 Å². The average molecular weight is 635 g/mol. The Morgan fingerprint density at radius 3 is 1.76 bits per heavy atom. The summed E-state index contributed by atoms with van der Waals surface area (Å²) in [6.45, 7) is 0. The molecule has 0 radical (unpaired) electrons. The van der Waals surface area contributed by atoms with Crippen molar-refractivity contribution in [2.45, 2.75) is 0 Å². The summed E-state index contributed by atoms with van der Waals surface area (Å²) in [5.41, 5.74) is 11.1. The summed E-state index contributed by atoms with van der Waals surface area (Å²) >= 11 is 0. The largest absolute Gasteiger partial charge is 0.256 e. The Bertz CT molecular complexity index is 2920. The number of fused-ring (bicyclic) bond motifs is 6. The molecule has 8 aromatic carbocycles. The molecule has 0 aliphatic rings. The molecule has 0 N–H and O–H groups in total. The molecule has 0 fully saturated rings. The minimum absolute atomic E-state index is 0.964. The lowest BCUT2D eigenvalue weighted by atomic mass is 9.90. The summed E-state index contributed by atoms with van der Waals surface area (Å²) in [7, 11) is 0. The van der Waals surface area contributed by atoms with Gasteiger partial charge in [0.2, 0.25) is 0 Å². The van der Waals surface area contributed by atoms with Crippen molar-refractivity contribution >= 4 is 54.1 Å². The highest BCUT2D eigenvalue weighted by Crippen LogP contribution is 2.40. The third kappa shape index (κ3) is 4.73. The van der Waals surface area contributed by atoms with Crippen LogP contribution in [0.2, 0.25) is 0 Å². The Kier molecular flexibility index (Phi) is 6.53. The predicted molar refractivity (Wildman–Crippen MR) is 211 cm³/mol. The summed E-state index contributed by atoms with van der Waals surface area (Å²) < 4.78 is 0. The first-order valence-electron chi connectivity index (χ1n) is 17.1. The number of hydrogen-bond donors (Lipinski definition) is 0. The number of hydrogen-bond acceptors (Lipinski definition) is 2. The molecule has 10 aromatic rings. The van der Waals surface area contributed by atoms with E-state index in [1.807, 2.05) is 12.3 Å². The lowest BCUT2D eigenvalue weighted by Crippen LogP contribution is -1.92. The zero-order valence-electron chi connectivity index (χ0n) is 27.2. The van der Waals surface area contributed by atoms with E-state index in [1.165, 1.54) is 54.6 Å². The van der Waals surface area contributed by atoms with Gasteiger partial charge in [-0.25, -0.2) is 4.98 Å². The molecule has 0 saturated heterocycles. The van der Waals surface area contributed by atoms with E-state index in [0.29, 0.717) is 0 Å². The van der Waals surface area contributed by atoms with Crippen LogP contribution in [0.5, 0.6) is 0 Å². The van der Waals surface area contributed by atoms with Crippen molar-refractivity contribution < 1.29 is 0 Å². The molecule has 50 heavy (non-hydrogen) atoms. The lowest BCUT2D eigenvalue weighted by molar-refractivity contribution is 1.40. The summed E-state index contributed by atoms with van der Waals surface area (Å²) in [4.78, 5) is 9.86. The Morgan fingerprint density at radius 1 is 0.300 bits per heavy atom. The molecule has 0 atom stereocenters. The maximum absolute atomic E-state index is 5.28. The Hall–Kier alpha value is -6.64. The Morgan fingerprint density at radius 2 is 0.920 bits per heavy atom. The van der Waals surface area contributed by atoms with E-state index in [4.69, 9.17) is 4.98 Å². The van der Waals surface area contributed by atoms with Crippen molar-refractivity contribution in [1.29, 1.82) is 0 Å². The van der Waals surface area contributed by atoms with Gasteiger partial charge in [0.25, 0.3) is 0 Å². The van der Waals surface area contributed by atoms with E-state index >= 15 is 0 Å². The van der Waals surface area contributed by atoms with E-state index in [9.17, 15) is 0 Å². The maximum atomic E-state index is 5.28. The highest BCUT2D eigenvalue weighted by molar-refractivity contribution is 6.14. The van der Waals surface area contributed by atoms with E-state index in [-0.39, 0.29) is 0 Å². The fraction of sp³-hybridized carbons (Fsp3) is 0. The van der Waals surface area contributed by atoms with Crippen LogP contribution in [0.25, 0.3) is 98.8 Å². The number of pyridine rings is 2. The minimum atomic E-state index is 0.964. The normalized spacial score (nSPS) is 11.6. The quantitative estimate of drug-likeness (QED) is 0.180. The van der Waals surface area contributed by atoms with Gasteiger partial charge in [0.1, 0.15) is 0 Å². The van der Waals surface area contributed by atoms with Gasteiger partial charge in [-0.2, -0.15) is 0 Å². The van der Waals surface area contributed by atoms with E-state index in [2.05, 4.69) is 175 Å². The van der Waals surface area contributed by atoms with Crippen LogP contribution in [0.3, 0.4) is 0 Å². The number of aromatic nitrogens is 2. The molecule has 2 heteroatoms. The molecule has 0 spiro atoms. The van der Waals surface area contributed by atoms with Crippen molar-refractivity contribution in [2.75, 3.05) is 0 Å². The molecule has 2 aromatic heterocycles. The van der Waals surface area contributed by atoms with Crippen molar-refractivity contribution in [3.63, 3.8) is 0 Å². The molecule has 2 heterocycles. The van der Waals surface area contributed by atoms with E-state index in [1.54, 1.807) is 0 Å². The average Bonchev–Trinajstić information content (AvgIpc) is 3.19. The topological polar surface area (TPSA) is 25.8 Å². The zero-order valence-corrected chi connectivity index (χ0v) is 27.2. The third-order valence-electron chi connectivity index (χ3n) is 10.1. The fourth-order valence-corrected chi connectivity index (χ4v) is 7.60. The van der Waals surface area contributed by atoms with Crippen LogP contribution in [0.1, 0.15) is 0 Å². The van der Waals surface area contributed by atoms with Gasteiger partial charge in [-0.15, -0.1) is 0 Å². The van der Waals surface area contributed by atoms with Crippen LogP contribution in [0.15, 0.2) is 182 Å². The van der Waals surface area contributed by atoms with Crippen molar-refractivity contribution in [3.8, 4) is 44.6 Å². The van der Waals surface area contributed by atoms with E-state index in [0.717, 1.165) is 44.2 Å². The molecule has 232 valence electrons. The third-order valence-corrected chi connectivity index (χ3v) is 10.1. The van der Waals surface area contributed by atoms with Gasteiger partial charge in [-0.3, -0.25) is 4.98 Å². The Labute approximate surface area is 290 Å². The van der Waals surface area contributed by atoms with Crippen molar-refractivity contribution in [1.82, 2.24) is 9.97 Å². The van der Waals surface area contributed by atoms with Gasteiger partial charge in [0.05, 0.1) is 16.7 Å². The minimum Gasteiger partial charge on any atom is -0.256 e. The molecular weight excluding hydrogens is 605 g/mol. The number of rotatable bonds is 4. The second-order valence-electron chi connectivity index (χ2n) is 13.0. The SMILES string of the molecule is c1ccc2cc(-c3cc(-c4ccc(-c5ccnc6ccccc56)cc4)c4cc(-c5cc6ccccc6c6ccccc56)ccc4n3)ccc2c1. The maximum Gasteiger partial charge on any atom is 0.0716 e. The molecule has 0 amide bonds. The van der Waals surface area contributed by atoms with Gasteiger partial charge in [0.15, 0.2) is 0 Å². The van der Waals surface area contributed by atoms with Gasteiger partial charge in [-0.05, 0) is 108 Å². The smallest absolute Gasteiger partial charge is 0.0716 e. The molecular formula is C48H30N2. The molecule has 2 nitrogen and oxygen atoms in total. The summed E-state index contributed by atoms with van der Waals surface area (Å²) in [6, 6.07) is 63.3. The molecule has 0 unspecified atom stereocenters. The summed E-state index contributed by atoms with van der Waals surface area (Å²) in [5, 5.41) is 9.76. The highest BCUT2D eigenvalue weighted by Gasteiger charge is 2.15. The van der Waals surface area contributed by atoms with Gasteiger partial charge in [0, 0.05) is 22.5 Å². The van der Waals surface area contributed by atoms with Gasteiger partial charge >= 0.3 is 0 Å². The van der Waals surface area contributed by atoms with Crippen molar-refractivity contribution in [3.05, 3.63) is 182 Å². The second-order valence-corrected chi connectivity index (χ2v) is 13.0. The Balaban J connectivity index is 1.18. The van der Waals surface area contributed by atoms with Crippen molar-refractivity contribution in [2.24, 2.45) is 0 Å². The number of para-hydroxylation sites is 1. The molecule has 0 aliphatic carbocycles. The summed E-state index contributed by atoms with van der Waals surface area (Å²) in [5.74, 6) is 0. The molecule has 0 aliphatic heterocycles.